The van der Waals surface area contributed by atoms with Gasteiger partial charge in [0.2, 0.25) is 5.91 Å². The van der Waals surface area contributed by atoms with Gasteiger partial charge in [-0.3, -0.25) is 14.4 Å². The van der Waals surface area contributed by atoms with E-state index in [1.807, 2.05) is 18.2 Å². The van der Waals surface area contributed by atoms with Crippen LogP contribution in [-0.2, 0) is 36.7 Å². The SMILES string of the molecule is CCCCCNC(=O)C(NC(=O)[C@H]1[C@@H](Cc2ccccc2CCC(=O)OC)[C@@H]2CC[C@H]1O2)=C(Br)Br. The molecule has 192 valence electrons. The van der Waals surface area contributed by atoms with Crippen LogP contribution < -0.4 is 10.6 Å². The quantitative estimate of drug-likeness (QED) is 0.206. The van der Waals surface area contributed by atoms with Crippen LogP contribution in [0.1, 0.15) is 56.6 Å². The number of carbonyl (C=O) groups excluding carboxylic acids is 3. The average molecular weight is 614 g/mol. The standard InChI is InChI=1S/C26H34Br2N2O5/c1-3-4-7-14-29-26(33)23(24(27)28)30-25(32)22-18(19-11-12-20(22)35-19)15-17-9-6-5-8-16(17)10-13-21(31)34-2/h5-6,8-9,18-20,22H,3-4,7,10-15H2,1-2H3,(H,29,33)(H,30,32)/t18-,19-,20+,22-/m0/s1. The van der Waals surface area contributed by atoms with Gasteiger partial charge in [-0.2, -0.15) is 0 Å². The first-order valence-corrected chi connectivity index (χ1v) is 13.9. The number of hydrogen-bond acceptors (Lipinski definition) is 5. The number of amides is 2. The molecule has 2 aliphatic heterocycles. The molecule has 0 aromatic heterocycles. The molecule has 2 fully saturated rings. The highest BCUT2D eigenvalue weighted by Gasteiger charge is 2.52. The molecule has 35 heavy (non-hydrogen) atoms. The number of methoxy groups -OCH3 is 1. The second-order valence-electron chi connectivity index (χ2n) is 9.12. The Morgan fingerprint density at radius 1 is 1.09 bits per heavy atom. The van der Waals surface area contributed by atoms with Crippen molar-refractivity contribution in [3.63, 3.8) is 0 Å². The van der Waals surface area contributed by atoms with Gasteiger partial charge in [-0.15, -0.1) is 0 Å². The average Bonchev–Trinajstić information content (AvgIpc) is 3.46. The number of aryl methyl sites for hydroxylation is 1. The van der Waals surface area contributed by atoms with Gasteiger partial charge in [0.05, 0.1) is 28.6 Å². The maximum absolute atomic E-state index is 13.5. The molecule has 0 radical (unpaired) electrons. The molecule has 7 nitrogen and oxygen atoms in total. The normalized spacial score (nSPS) is 22.5. The maximum atomic E-state index is 13.5. The van der Waals surface area contributed by atoms with Crippen LogP contribution in [-0.4, -0.2) is 43.6 Å². The van der Waals surface area contributed by atoms with E-state index in [0.29, 0.717) is 29.2 Å². The number of benzene rings is 1. The monoisotopic (exact) mass is 612 g/mol. The Hall–Kier alpha value is -1.71. The van der Waals surface area contributed by atoms with Crippen LogP contribution >= 0.6 is 31.9 Å². The molecule has 4 atom stereocenters. The summed E-state index contributed by atoms with van der Waals surface area (Å²) < 4.78 is 11.4. The van der Waals surface area contributed by atoms with Gasteiger partial charge in [-0.25, -0.2) is 0 Å². The Kier molecular flexibility index (Phi) is 10.8. The van der Waals surface area contributed by atoms with Crippen molar-refractivity contribution < 1.29 is 23.9 Å². The molecule has 9 heteroatoms. The number of unbranched alkanes of at least 4 members (excludes halogenated alkanes) is 2. The highest BCUT2D eigenvalue weighted by molar-refractivity contribution is 9.28. The zero-order valence-corrected chi connectivity index (χ0v) is 23.5. The Labute approximate surface area is 224 Å². The lowest BCUT2D eigenvalue weighted by atomic mass is 9.75. The summed E-state index contributed by atoms with van der Waals surface area (Å²) >= 11 is 6.61. The molecule has 1 aromatic rings. The van der Waals surface area contributed by atoms with E-state index in [-0.39, 0.29) is 47.5 Å². The molecule has 0 spiro atoms. The predicted octanol–water partition coefficient (Wildman–Crippen LogP) is 4.51. The van der Waals surface area contributed by atoms with Crippen LogP contribution in [0.3, 0.4) is 0 Å². The summed E-state index contributed by atoms with van der Waals surface area (Å²) in [5.74, 6) is -1.13. The molecule has 2 heterocycles. The van der Waals surface area contributed by atoms with Gasteiger partial charge in [-0.05, 0) is 75.1 Å². The summed E-state index contributed by atoms with van der Waals surface area (Å²) in [6, 6.07) is 8.01. The van der Waals surface area contributed by atoms with E-state index in [2.05, 4.69) is 55.5 Å². The van der Waals surface area contributed by atoms with Gasteiger partial charge in [-0.1, -0.05) is 44.0 Å². The molecule has 3 rings (SSSR count). The van der Waals surface area contributed by atoms with Gasteiger partial charge < -0.3 is 20.1 Å². The summed E-state index contributed by atoms with van der Waals surface area (Å²) in [4.78, 5) is 37.8. The van der Waals surface area contributed by atoms with E-state index in [4.69, 9.17) is 9.47 Å². The largest absolute Gasteiger partial charge is 0.469 e. The molecule has 2 bridgehead atoms. The molecule has 0 saturated carbocycles. The topological polar surface area (TPSA) is 93.7 Å². The van der Waals surface area contributed by atoms with Crippen molar-refractivity contribution in [1.29, 1.82) is 0 Å². The Morgan fingerprint density at radius 2 is 1.80 bits per heavy atom. The van der Waals surface area contributed by atoms with E-state index in [9.17, 15) is 14.4 Å². The minimum atomic E-state index is -0.357. The van der Waals surface area contributed by atoms with E-state index in [0.717, 1.165) is 43.2 Å². The highest BCUT2D eigenvalue weighted by Crippen LogP contribution is 2.45. The lowest BCUT2D eigenvalue weighted by Gasteiger charge is -2.28. The van der Waals surface area contributed by atoms with Crippen LogP contribution in [0.25, 0.3) is 0 Å². The fourth-order valence-corrected chi connectivity index (χ4v) is 5.61. The number of halogens is 2. The molecule has 2 aliphatic rings. The molecular weight excluding hydrogens is 580 g/mol. The summed E-state index contributed by atoms with van der Waals surface area (Å²) in [5, 5.41) is 5.73. The highest BCUT2D eigenvalue weighted by atomic mass is 79.9. The summed E-state index contributed by atoms with van der Waals surface area (Å²) in [7, 11) is 1.39. The van der Waals surface area contributed by atoms with Crippen molar-refractivity contribution in [3.05, 3.63) is 44.5 Å². The predicted molar refractivity (Wildman–Crippen MR) is 141 cm³/mol. The molecular formula is C26H34Br2N2O5. The third-order valence-electron chi connectivity index (χ3n) is 6.86. The molecule has 2 amide bonds. The number of nitrogens with one attached hydrogen (secondary N) is 2. The van der Waals surface area contributed by atoms with Crippen molar-refractivity contribution in [1.82, 2.24) is 10.6 Å². The molecule has 2 saturated heterocycles. The second kappa shape index (κ2) is 13.6. The third-order valence-corrected chi connectivity index (χ3v) is 7.65. The van der Waals surface area contributed by atoms with Crippen LogP contribution in [0, 0.1) is 11.8 Å². The van der Waals surface area contributed by atoms with Crippen molar-refractivity contribution >= 4 is 49.6 Å². The first-order valence-electron chi connectivity index (χ1n) is 12.3. The summed E-state index contributed by atoms with van der Waals surface area (Å²) in [6.45, 7) is 2.66. The number of rotatable bonds is 12. The number of ether oxygens (including phenoxy) is 2. The smallest absolute Gasteiger partial charge is 0.305 e. The first kappa shape index (κ1) is 27.9. The minimum Gasteiger partial charge on any atom is -0.469 e. The van der Waals surface area contributed by atoms with Crippen LogP contribution in [0.2, 0.25) is 0 Å². The molecule has 0 unspecified atom stereocenters. The summed E-state index contributed by atoms with van der Waals surface area (Å²) in [5.41, 5.74) is 2.36. The fraction of sp³-hybridized carbons (Fsp3) is 0.577. The van der Waals surface area contributed by atoms with Crippen molar-refractivity contribution in [2.45, 2.75) is 70.5 Å². The summed E-state index contributed by atoms with van der Waals surface area (Å²) in [6.07, 6.45) is 6.17. The lowest BCUT2D eigenvalue weighted by molar-refractivity contribution is -0.140. The van der Waals surface area contributed by atoms with Crippen LogP contribution in [0.5, 0.6) is 0 Å². The van der Waals surface area contributed by atoms with Gasteiger partial charge in [0.25, 0.3) is 5.91 Å². The van der Waals surface area contributed by atoms with Gasteiger partial charge in [0, 0.05) is 18.9 Å². The Bertz CT molecular complexity index is 947. The van der Waals surface area contributed by atoms with Crippen molar-refractivity contribution in [3.8, 4) is 0 Å². The number of fused-ring (bicyclic) bond motifs is 2. The van der Waals surface area contributed by atoms with Gasteiger partial charge in [0.15, 0.2) is 0 Å². The second-order valence-corrected chi connectivity index (χ2v) is 11.8. The number of hydrogen-bond donors (Lipinski definition) is 2. The van der Waals surface area contributed by atoms with Gasteiger partial charge in [0.1, 0.15) is 5.70 Å². The third kappa shape index (κ3) is 7.40. The molecule has 1 aromatic carbocycles. The van der Waals surface area contributed by atoms with E-state index >= 15 is 0 Å². The first-order chi connectivity index (χ1) is 16.8. The Morgan fingerprint density at radius 3 is 2.49 bits per heavy atom. The van der Waals surface area contributed by atoms with Gasteiger partial charge >= 0.3 is 5.97 Å². The van der Waals surface area contributed by atoms with E-state index in [1.54, 1.807) is 0 Å². The number of carbonyl (C=O) groups is 3. The van der Waals surface area contributed by atoms with Crippen molar-refractivity contribution in [2.75, 3.05) is 13.7 Å². The Balaban J connectivity index is 1.71. The van der Waals surface area contributed by atoms with E-state index < -0.39 is 0 Å². The maximum Gasteiger partial charge on any atom is 0.305 e. The molecule has 0 aliphatic carbocycles. The number of esters is 1. The molecule has 2 N–H and O–H groups in total. The lowest BCUT2D eigenvalue weighted by Crippen LogP contribution is -2.44. The van der Waals surface area contributed by atoms with Crippen molar-refractivity contribution in [2.24, 2.45) is 11.8 Å². The van der Waals surface area contributed by atoms with Crippen LogP contribution in [0.4, 0.5) is 0 Å². The zero-order valence-electron chi connectivity index (χ0n) is 20.3. The zero-order chi connectivity index (χ0) is 25.4. The van der Waals surface area contributed by atoms with E-state index in [1.165, 1.54) is 7.11 Å². The fourth-order valence-electron chi connectivity index (χ4n) is 5.05. The van der Waals surface area contributed by atoms with Crippen LogP contribution in [0.15, 0.2) is 33.4 Å². The minimum absolute atomic E-state index is 0.00371.